The standard InChI is InChI=1S/C12H13N3O2.C2H4F3O4P/c16-9-7-8(13-1-2-13)12(17)11(15-5-6-15)10(9)14-3-4-14;3-2(4,5)1-9-10(6,7)8/h7H,1-6H2;1H2,(H2,6,7,8). The van der Waals surface area contributed by atoms with Crippen LogP contribution in [0.5, 0.6) is 0 Å². The average molecular weight is 411 g/mol. The quantitative estimate of drug-likeness (QED) is 0.362. The average Bonchev–Trinajstić information content (AvgIpc) is 3.36. The molecule has 4 rings (SSSR count). The smallest absolute Gasteiger partial charge is 0.365 e. The van der Waals surface area contributed by atoms with Crippen LogP contribution in [-0.4, -0.2) is 88.1 Å². The van der Waals surface area contributed by atoms with Gasteiger partial charge in [-0.2, -0.15) is 13.2 Å². The number of Topliss-reactive ketones (excluding diaryl/α,β-unsaturated/α-hetero) is 1. The van der Waals surface area contributed by atoms with Gasteiger partial charge in [-0.1, -0.05) is 0 Å². The predicted octanol–water partition coefficient (Wildman–Crippen LogP) is -0.161. The van der Waals surface area contributed by atoms with Crippen molar-refractivity contribution in [1.82, 2.24) is 14.7 Å². The van der Waals surface area contributed by atoms with Crippen LogP contribution in [0.2, 0.25) is 0 Å². The summed E-state index contributed by atoms with van der Waals surface area (Å²) >= 11 is 0. The Balaban J connectivity index is 0.000000183. The second-order valence-electron chi connectivity index (χ2n) is 6.26. The van der Waals surface area contributed by atoms with E-state index >= 15 is 0 Å². The number of nitrogens with zero attached hydrogens (tertiary/aromatic N) is 3. The van der Waals surface area contributed by atoms with E-state index in [1.807, 2.05) is 14.7 Å². The molecule has 3 aliphatic heterocycles. The van der Waals surface area contributed by atoms with E-state index in [2.05, 4.69) is 4.52 Å². The predicted molar refractivity (Wildman–Crippen MR) is 83.9 cm³/mol. The molecule has 0 aromatic heterocycles. The van der Waals surface area contributed by atoms with E-state index in [0.717, 1.165) is 39.3 Å². The number of carbonyl (C=O) groups is 2. The normalized spacial score (nSPS) is 21.8. The fraction of sp³-hybridized carbons (Fsp3) is 0.571. The van der Waals surface area contributed by atoms with E-state index in [-0.39, 0.29) is 11.6 Å². The first-order chi connectivity index (χ1) is 12.5. The lowest BCUT2D eigenvalue weighted by molar-refractivity contribution is -0.156. The molecule has 3 saturated heterocycles. The molecule has 4 aliphatic rings. The summed E-state index contributed by atoms with van der Waals surface area (Å²) in [5, 5.41) is 0. The van der Waals surface area contributed by atoms with E-state index in [1.165, 1.54) is 6.08 Å². The molecule has 0 atom stereocenters. The third-order valence-corrected chi connectivity index (χ3v) is 4.35. The summed E-state index contributed by atoms with van der Waals surface area (Å²) in [6.07, 6.45) is -3.18. The van der Waals surface area contributed by atoms with Gasteiger partial charge in [0.1, 0.15) is 11.4 Å². The van der Waals surface area contributed by atoms with E-state index in [0.29, 0.717) is 17.1 Å². The van der Waals surface area contributed by atoms with E-state index in [9.17, 15) is 27.3 Å². The Morgan fingerprint density at radius 2 is 1.44 bits per heavy atom. The summed E-state index contributed by atoms with van der Waals surface area (Å²) in [7, 11) is -4.98. The molecule has 0 spiro atoms. The highest BCUT2D eigenvalue weighted by Gasteiger charge is 2.43. The van der Waals surface area contributed by atoms with Crippen LogP contribution in [0.15, 0.2) is 23.2 Å². The van der Waals surface area contributed by atoms with Gasteiger partial charge in [-0.3, -0.25) is 14.1 Å². The van der Waals surface area contributed by atoms with Crippen LogP contribution in [-0.2, 0) is 18.7 Å². The Hall–Kier alpha value is -1.88. The fourth-order valence-electron chi connectivity index (χ4n) is 2.43. The molecule has 0 unspecified atom stereocenters. The molecular weight excluding hydrogens is 394 g/mol. The van der Waals surface area contributed by atoms with Crippen molar-refractivity contribution in [1.29, 1.82) is 0 Å². The zero-order chi connectivity index (χ0) is 20.0. The van der Waals surface area contributed by atoms with Gasteiger partial charge in [0.2, 0.25) is 11.6 Å². The van der Waals surface area contributed by atoms with E-state index < -0.39 is 20.6 Å². The minimum atomic E-state index is -4.98. The van der Waals surface area contributed by atoms with Crippen LogP contribution >= 0.6 is 7.82 Å². The lowest BCUT2D eigenvalue weighted by Crippen LogP contribution is -2.29. The maximum Gasteiger partial charge on any atom is 0.469 e. The molecule has 150 valence electrons. The first-order valence-electron chi connectivity index (χ1n) is 8.03. The van der Waals surface area contributed by atoms with Crippen molar-refractivity contribution < 1.29 is 41.6 Å². The summed E-state index contributed by atoms with van der Waals surface area (Å²) in [4.78, 5) is 46.0. The van der Waals surface area contributed by atoms with Gasteiger partial charge in [0.25, 0.3) is 0 Å². The SMILES string of the molecule is O=C1C=C(N2CC2)C(=O)C(N2CC2)=C1N1CC1.O=P(O)(O)OCC(F)(F)F. The summed E-state index contributed by atoms with van der Waals surface area (Å²) in [6, 6.07) is 0. The number of hydrogen-bond donors (Lipinski definition) is 2. The van der Waals surface area contributed by atoms with Gasteiger partial charge in [-0.25, -0.2) is 4.57 Å². The molecule has 3 heterocycles. The number of halogens is 3. The topological polar surface area (TPSA) is 110 Å². The zero-order valence-corrected chi connectivity index (χ0v) is 14.9. The lowest BCUT2D eigenvalue weighted by Gasteiger charge is -2.21. The number of carbonyl (C=O) groups excluding carboxylic acids is 2. The van der Waals surface area contributed by atoms with E-state index in [1.54, 1.807) is 0 Å². The molecule has 13 heteroatoms. The van der Waals surface area contributed by atoms with Crippen LogP contribution < -0.4 is 0 Å². The summed E-state index contributed by atoms with van der Waals surface area (Å²) in [5.74, 6) is 0.0485. The Bertz CT molecular complexity index is 763. The molecular formula is C14H17F3N3O6P. The molecule has 27 heavy (non-hydrogen) atoms. The summed E-state index contributed by atoms with van der Waals surface area (Å²) in [5.41, 5.74) is 1.89. The number of alkyl halides is 3. The van der Waals surface area contributed by atoms with Gasteiger partial charge in [-0.15, -0.1) is 0 Å². The maximum absolute atomic E-state index is 12.4. The van der Waals surface area contributed by atoms with Gasteiger partial charge in [0.05, 0.1) is 5.70 Å². The molecule has 0 aromatic rings. The Kier molecular flexibility index (Phi) is 5.10. The Morgan fingerprint density at radius 3 is 1.81 bits per heavy atom. The number of hydrogen-bond acceptors (Lipinski definition) is 7. The van der Waals surface area contributed by atoms with Crippen LogP contribution in [0.3, 0.4) is 0 Å². The van der Waals surface area contributed by atoms with Crippen molar-refractivity contribution in [3.05, 3.63) is 23.2 Å². The number of rotatable bonds is 5. The minimum Gasteiger partial charge on any atom is -0.365 e. The van der Waals surface area contributed by atoms with Crippen molar-refractivity contribution in [3.8, 4) is 0 Å². The third-order valence-electron chi connectivity index (χ3n) is 3.88. The Morgan fingerprint density at radius 1 is 0.963 bits per heavy atom. The molecule has 0 radical (unpaired) electrons. The highest BCUT2D eigenvalue weighted by molar-refractivity contribution is 7.46. The van der Waals surface area contributed by atoms with Crippen molar-refractivity contribution in [3.63, 3.8) is 0 Å². The van der Waals surface area contributed by atoms with Crippen LogP contribution in [0.1, 0.15) is 0 Å². The largest absolute Gasteiger partial charge is 0.469 e. The monoisotopic (exact) mass is 411 g/mol. The van der Waals surface area contributed by atoms with Gasteiger partial charge in [-0.05, 0) is 0 Å². The van der Waals surface area contributed by atoms with Crippen molar-refractivity contribution in [2.24, 2.45) is 0 Å². The molecule has 0 amide bonds. The number of ketones is 2. The van der Waals surface area contributed by atoms with Crippen LogP contribution in [0, 0.1) is 0 Å². The first-order valence-corrected chi connectivity index (χ1v) is 9.56. The Labute approximate surface area is 151 Å². The number of phosphoric ester groups is 1. The highest BCUT2D eigenvalue weighted by atomic mass is 31.2. The molecule has 3 fully saturated rings. The lowest BCUT2D eigenvalue weighted by atomic mass is 10.0. The highest BCUT2D eigenvalue weighted by Crippen LogP contribution is 2.37. The number of phosphoric acid groups is 1. The van der Waals surface area contributed by atoms with Crippen molar-refractivity contribution >= 4 is 19.4 Å². The number of allylic oxidation sites excluding steroid dienone is 1. The first kappa shape index (κ1) is 19.9. The molecule has 9 nitrogen and oxygen atoms in total. The van der Waals surface area contributed by atoms with Gasteiger partial charge >= 0.3 is 14.0 Å². The third kappa shape index (κ3) is 5.55. The molecule has 2 N–H and O–H groups in total. The molecule has 0 saturated carbocycles. The van der Waals surface area contributed by atoms with Gasteiger partial charge < -0.3 is 24.5 Å². The molecule has 0 bridgehead atoms. The van der Waals surface area contributed by atoms with Crippen molar-refractivity contribution in [2.75, 3.05) is 45.9 Å². The fourth-order valence-corrected chi connectivity index (χ4v) is 2.75. The van der Waals surface area contributed by atoms with Gasteiger partial charge in [0.15, 0.2) is 6.61 Å². The summed E-state index contributed by atoms with van der Waals surface area (Å²) in [6.45, 7) is 3.47. The molecule has 1 aliphatic carbocycles. The summed E-state index contributed by atoms with van der Waals surface area (Å²) < 4.78 is 46.1. The second-order valence-corrected chi connectivity index (χ2v) is 7.50. The maximum atomic E-state index is 12.4. The zero-order valence-electron chi connectivity index (χ0n) is 14.0. The van der Waals surface area contributed by atoms with E-state index in [4.69, 9.17) is 9.79 Å². The second kappa shape index (κ2) is 6.93. The van der Waals surface area contributed by atoms with Crippen LogP contribution in [0.4, 0.5) is 13.2 Å². The minimum absolute atomic E-state index is 0.00546. The van der Waals surface area contributed by atoms with Gasteiger partial charge in [0, 0.05) is 45.3 Å². The molecule has 0 aromatic carbocycles. The van der Waals surface area contributed by atoms with Crippen molar-refractivity contribution in [2.45, 2.75) is 6.18 Å². The van der Waals surface area contributed by atoms with Crippen LogP contribution in [0.25, 0.3) is 0 Å².